The summed E-state index contributed by atoms with van der Waals surface area (Å²) < 4.78 is 9.80. The van der Waals surface area contributed by atoms with Crippen molar-refractivity contribution in [1.29, 1.82) is 0 Å². The van der Waals surface area contributed by atoms with Gasteiger partial charge in [0.1, 0.15) is 0 Å². The first kappa shape index (κ1) is 32.5. The number of esters is 2. The second-order valence-electron chi connectivity index (χ2n) is 7.99. The van der Waals surface area contributed by atoms with Gasteiger partial charge in [0.25, 0.3) is 0 Å². The Morgan fingerprint density at radius 2 is 1.30 bits per heavy atom. The Morgan fingerprint density at radius 1 is 0.833 bits per heavy atom. The Morgan fingerprint density at radius 3 is 1.73 bits per heavy atom. The topological polar surface area (TPSA) is 206 Å². The standard InChI is InChI=1S/C20H34O8.2H3N/c1-14(16(23)24)12-20(3,18(26)28-5)13-19(2,17(25)27-4)11-9-7-6-8-10-15(21)22;;/h14H,6-13H2,1-5H3,(H,21,22)(H,23,24);2*1H3. The van der Waals surface area contributed by atoms with Gasteiger partial charge < -0.3 is 41.6 Å². The molecule has 0 aromatic heterocycles. The van der Waals surface area contributed by atoms with Crippen molar-refractivity contribution in [2.24, 2.45) is 16.7 Å². The molecule has 0 saturated heterocycles. The van der Waals surface area contributed by atoms with Crippen molar-refractivity contribution >= 4 is 23.9 Å². The zero-order valence-electron chi connectivity index (χ0n) is 19.5. The third-order valence-electron chi connectivity index (χ3n) is 5.16. The van der Waals surface area contributed by atoms with E-state index < -0.39 is 40.6 Å². The second-order valence-corrected chi connectivity index (χ2v) is 7.99. The molecule has 0 radical (unpaired) electrons. The molecule has 3 atom stereocenters. The fourth-order valence-corrected chi connectivity index (χ4v) is 3.74. The number of carboxylic acids is 2. The van der Waals surface area contributed by atoms with Crippen molar-refractivity contribution in [2.45, 2.75) is 72.1 Å². The summed E-state index contributed by atoms with van der Waals surface area (Å²) in [6.45, 7) is 4.72. The lowest BCUT2D eigenvalue weighted by molar-refractivity contribution is -0.312. The van der Waals surface area contributed by atoms with Crippen LogP contribution in [0.5, 0.6) is 0 Å². The van der Waals surface area contributed by atoms with E-state index in [2.05, 4.69) is 0 Å². The lowest BCUT2D eigenvalue weighted by atomic mass is 9.67. The number of unbranched alkanes of at least 4 members (excludes halogenated alkanes) is 3. The highest BCUT2D eigenvalue weighted by atomic mass is 16.5. The molecule has 0 saturated carbocycles. The van der Waals surface area contributed by atoms with Crippen LogP contribution in [-0.4, -0.2) is 38.1 Å². The first-order chi connectivity index (χ1) is 12.9. The predicted molar refractivity (Wildman–Crippen MR) is 108 cm³/mol. The van der Waals surface area contributed by atoms with Gasteiger partial charge in [-0.3, -0.25) is 9.59 Å². The minimum absolute atomic E-state index is 0. The zero-order chi connectivity index (χ0) is 22.0. The van der Waals surface area contributed by atoms with Gasteiger partial charge in [-0.15, -0.1) is 0 Å². The van der Waals surface area contributed by atoms with E-state index in [-0.39, 0.29) is 31.6 Å². The first-order valence-electron chi connectivity index (χ1n) is 9.49. The number of aliphatic carboxylic acids is 2. The van der Waals surface area contributed by atoms with Crippen molar-refractivity contribution < 1.29 is 38.9 Å². The molecule has 30 heavy (non-hydrogen) atoms. The van der Waals surface area contributed by atoms with Gasteiger partial charge in [-0.1, -0.05) is 26.2 Å². The number of hydrogen-bond donors (Lipinski definition) is 2. The van der Waals surface area contributed by atoms with Crippen LogP contribution in [0.1, 0.15) is 72.1 Å². The molecule has 0 heterocycles. The smallest absolute Gasteiger partial charge is 0.311 e. The van der Waals surface area contributed by atoms with Gasteiger partial charge in [0.2, 0.25) is 0 Å². The maximum Gasteiger partial charge on any atom is 0.311 e. The molecule has 10 heteroatoms. The van der Waals surface area contributed by atoms with Crippen molar-refractivity contribution in [3.05, 3.63) is 0 Å². The maximum atomic E-state index is 12.5. The largest absolute Gasteiger partial charge is 0.550 e. The Balaban J connectivity index is -0.00000364. The van der Waals surface area contributed by atoms with Gasteiger partial charge in [-0.05, 0) is 51.9 Å². The highest BCUT2D eigenvalue weighted by Crippen LogP contribution is 2.43. The molecule has 0 rings (SSSR count). The molecule has 8 N–H and O–H groups in total. The summed E-state index contributed by atoms with van der Waals surface area (Å²) in [7, 11) is 2.48. The number of quaternary nitrogens is 2. The third kappa shape index (κ3) is 10.5. The van der Waals surface area contributed by atoms with Crippen molar-refractivity contribution in [3.63, 3.8) is 0 Å². The van der Waals surface area contributed by atoms with E-state index in [9.17, 15) is 29.4 Å². The van der Waals surface area contributed by atoms with E-state index in [0.29, 0.717) is 32.1 Å². The van der Waals surface area contributed by atoms with Gasteiger partial charge in [0.05, 0.1) is 25.0 Å². The quantitative estimate of drug-likeness (QED) is 0.299. The molecular weight excluding hydrogens is 396 g/mol. The maximum absolute atomic E-state index is 12.5. The number of carboxylic acid groups (broad SMARTS) is 2. The van der Waals surface area contributed by atoms with Crippen molar-refractivity contribution in [3.8, 4) is 0 Å². The van der Waals surface area contributed by atoms with E-state index in [1.807, 2.05) is 0 Å². The van der Waals surface area contributed by atoms with Gasteiger partial charge in [-0.25, -0.2) is 0 Å². The molecule has 0 aliphatic carbocycles. The molecule has 0 aliphatic rings. The van der Waals surface area contributed by atoms with E-state index in [1.165, 1.54) is 21.1 Å². The van der Waals surface area contributed by atoms with Crippen LogP contribution in [0.2, 0.25) is 0 Å². The zero-order valence-corrected chi connectivity index (χ0v) is 19.5. The van der Waals surface area contributed by atoms with Crippen LogP contribution in [-0.2, 0) is 28.7 Å². The van der Waals surface area contributed by atoms with Crippen LogP contribution in [0.4, 0.5) is 0 Å². The molecular formula is C20H40N2O8. The summed E-state index contributed by atoms with van der Waals surface area (Å²) in [6.07, 6.45) is 2.97. The predicted octanol–water partition coefficient (Wildman–Crippen LogP) is 1.35. The molecule has 3 unspecified atom stereocenters. The number of ether oxygens (including phenoxy) is 2. The minimum atomic E-state index is -1.28. The van der Waals surface area contributed by atoms with Crippen LogP contribution < -0.4 is 22.5 Å². The molecule has 0 fully saturated rings. The molecule has 0 amide bonds. The number of methoxy groups -OCH3 is 2. The number of hydrogen-bond acceptors (Lipinski definition) is 8. The van der Waals surface area contributed by atoms with E-state index in [0.717, 1.165) is 0 Å². The third-order valence-corrected chi connectivity index (χ3v) is 5.16. The second kappa shape index (κ2) is 14.7. The van der Waals surface area contributed by atoms with Crippen molar-refractivity contribution in [2.75, 3.05) is 14.2 Å². The van der Waals surface area contributed by atoms with E-state index in [4.69, 9.17) is 9.47 Å². The lowest BCUT2D eigenvalue weighted by Gasteiger charge is -2.37. The SMILES string of the molecule is COC(=O)C(C)(CCCCCCC(=O)[O-])CC(C)(CC(C)C(=O)[O-])C(=O)OC.[NH4+].[NH4+]. The molecule has 0 spiro atoms. The van der Waals surface area contributed by atoms with Crippen LogP contribution in [0.25, 0.3) is 0 Å². The summed E-state index contributed by atoms with van der Waals surface area (Å²) in [5, 5.41) is 21.6. The fourth-order valence-electron chi connectivity index (χ4n) is 3.74. The highest BCUT2D eigenvalue weighted by Gasteiger charge is 2.46. The molecule has 0 aromatic rings. The summed E-state index contributed by atoms with van der Waals surface area (Å²) >= 11 is 0. The Kier molecular flexibility index (Phi) is 15.9. The number of carbonyl (C=O) groups excluding carboxylic acids is 4. The van der Waals surface area contributed by atoms with Crippen LogP contribution >= 0.6 is 0 Å². The van der Waals surface area contributed by atoms with E-state index >= 15 is 0 Å². The Hall–Kier alpha value is -2.20. The average molecular weight is 437 g/mol. The van der Waals surface area contributed by atoms with Crippen LogP contribution in [0.3, 0.4) is 0 Å². The summed E-state index contributed by atoms with van der Waals surface area (Å²) in [5.74, 6) is -4.34. The van der Waals surface area contributed by atoms with Crippen molar-refractivity contribution in [1.82, 2.24) is 12.3 Å². The average Bonchev–Trinajstić information content (AvgIpc) is 2.62. The molecule has 10 nitrogen and oxygen atoms in total. The Bertz CT molecular complexity index is 569. The Labute approximate surface area is 178 Å². The minimum Gasteiger partial charge on any atom is -0.550 e. The van der Waals surface area contributed by atoms with Gasteiger partial charge in [0, 0.05) is 11.9 Å². The molecule has 0 bridgehead atoms. The normalized spacial score (nSPS) is 15.2. The van der Waals surface area contributed by atoms with Crippen LogP contribution in [0.15, 0.2) is 0 Å². The fraction of sp³-hybridized carbons (Fsp3) is 0.800. The molecule has 0 aromatic carbocycles. The molecule has 0 aliphatic heterocycles. The van der Waals surface area contributed by atoms with E-state index in [1.54, 1.807) is 13.8 Å². The highest BCUT2D eigenvalue weighted by molar-refractivity contribution is 5.81. The number of rotatable bonds is 14. The monoisotopic (exact) mass is 436 g/mol. The van der Waals surface area contributed by atoms with Gasteiger partial charge in [0.15, 0.2) is 0 Å². The summed E-state index contributed by atoms with van der Waals surface area (Å²) in [4.78, 5) is 46.5. The number of carbonyl (C=O) groups is 4. The first-order valence-corrected chi connectivity index (χ1v) is 9.49. The van der Waals surface area contributed by atoms with Crippen LogP contribution in [0, 0.1) is 16.7 Å². The van der Waals surface area contributed by atoms with Gasteiger partial charge >= 0.3 is 11.9 Å². The molecule has 178 valence electrons. The summed E-state index contributed by atoms with van der Waals surface area (Å²) in [5.41, 5.74) is -2.22. The summed E-state index contributed by atoms with van der Waals surface area (Å²) in [6, 6.07) is 0. The lowest BCUT2D eigenvalue weighted by Crippen LogP contribution is -2.43. The van der Waals surface area contributed by atoms with Gasteiger partial charge in [-0.2, -0.15) is 0 Å².